The van der Waals surface area contributed by atoms with Crippen molar-refractivity contribution < 1.29 is 0 Å². The van der Waals surface area contributed by atoms with Crippen LogP contribution in [0, 0.1) is 5.92 Å². The number of rotatable bonds is 4. The lowest BCUT2D eigenvalue weighted by atomic mass is 10.0. The minimum Gasteiger partial charge on any atom is -0.241 e. The van der Waals surface area contributed by atoms with E-state index in [2.05, 4.69) is 42.6 Å². The van der Waals surface area contributed by atoms with Gasteiger partial charge in [-0.15, -0.1) is 0 Å². The van der Waals surface area contributed by atoms with Crippen LogP contribution in [0.25, 0.3) is 5.70 Å². The van der Waals surface area contributed by atoms with Gasteiger partial charge >= 0.3 is 0 Å². The Hall–Kier alpha value is -0.600. The molecule has 0 saturated carbocycles. The number of aliphatic imine (C=N–C) groups is 1. The van der Waals surface area contributed by atoms with Crippen LogP contribution in [0.4, 0.5) is 0 Å². The van der Waals surface area contributed by atoms with Gasteiger partial charge in [0.15, 0.2) is 0 Å². The fourth-order valence-corrected chi connectivity index (χ4v) is 2.39. The van der Waals surface area contributed by atoms with E-state index in [1.807, 2.05) is 6.92 Å². The number of hydrogen-bond acceptors (Lipinski definition) is 2. The third kappa shape index (κ3) is 4.11. The highest BCUT2D eigenvalue weighted by Crippen LogP contribution is 2.26. The van der Waals surface area contributed by atoms with E-state index in [4.69, 9.17) is 11.6 Å². The number of hydrogen-bond donors (Lipinski definition) is 0. The number of allylic oxidation sites excluding steroid dienone is 1. The Balaban J connectivity index is 3.10. The standard InChI is InChI=1S/C13H18ClNS/c1-9(2)7-10(3)13(15-11(4)14)12-5-6-16-8-12/h5-6,8-9H,7H2,1-4H3/b13-10+,15-11?. The van der Waals surface area contributed by atoms with Crippen LogP contribution >= 0.6 is 22.9 Å². The van der Waals surface area contributed by atoms with Gasteiger partial charge in [0, 0.05) is 10.9 Å². The summed E-state index contributed by atoms with van der Waals surface area (Å²) in [6.07, 6.45) is 1.05. The van der Waals surface area contributed by atoms with Gasteiger partial charge in [-0.05, 0) is 43.2 Å². The Morgan fingerprint density at radius 2 is 2.12 bits per heavy atom. The molecule has 0 bridgehead atoms. The lowest BCUT2D eigenvalue weighted by Crippen LogP contribution is -1.93. The van der Waals surface area contributed by atoms with Crippen LogP contribution in [-0.4, -0.2) is 5.17 Å². The smallest absolute Gasteiger partial charge is 0.103 e. The zero-order valence-electron chi connectivity index (χ0n) is 10.2. The van der Waals surface area contributed by atoms with Crippen LogP contribution in [0.3, 0.4) is 0 Å². The molecule has 16 heavy (non-hydrogen) atoms. The summed E-state index contributed by atoms with van der Waals surface area (Å²) in [6.45, 7) is 8.38. The Kier molecular flexibility index (Phi) is 5.23. The first kappa shape index (κ1) is 13.5. The maximum atomic E-state index is 5.89. The topological polar surface area (TPSA) is 12.4 Å². The molecule has 0 amide bonds. The highest BCUT2D eigenvalue weighted by molar-refractivity contribution is 7.08. The third-order valence-corrected chi connectivity index (χ3v) is 2.95. The van der Waals surface area contributed by atoms with Crippen molar-refractivity contribution in [1.82, 2.24) is 0 Å². The molecule has 0 saturated heterocycles. The highest BCUT2D eigenvalue weighted by Gasteiger charge is 2.07. The van der Waals surface area contributed by atoms with E-state index < -0.39 is 0 Å². The molecule has 0 aliphatic carbocycles. The lowest BCUT2D eigenvalue weighted by Gasteiger charge is -2.09. The monoisotopic (exact) mass is 255 g/mol. The van der Waals surface area contributed by atoms with Gasteiger partial charge in [0.05, 0.1) is 5.70 Å². The van der Waals surface area contributed by atoms with Crippen LogP contribution in [-0.2, 0) is 0 Å². The van der Waals surface area contributed by atoms with Gasteiger partial charge in [0.2, 0.25) is 0 Å². The van der Waals surface area contributed by atoms with Crippen LogP contribution in [0.5, 0.6) is 0 Å². The van der Waals surface area contributed by atoms with Crippen molar-refractivity contribution in [3.63, 3.8) is 0 Å². The minimum absolute atomic E-state index is 0.587. The molecular formula is C13H18ClNS. The molecule has 0 aromatic carbocycles. The Bertz CT molecular complexity index is 384. The van der Waals surface area contributed by atoms with Crippen molar-refractivity contribution in [1.29, 1.82) is 0 Å². The van der Waals surface area contributed by atoms with E-state index in [9.17, 15) is 0 Å². The second-order valence-electron chi connectivity index (χ2n) is 4.35. The summed E-state index contributed by atoms with van der Waals surface area (Å²) in [4.78, 5) is 4.44. The maximum Gasteiger partial charge on any atom is 0.103 e. The number of nitrogens with zero attached hydrogens (tertiary/aromatic N) is 1. The third-order valence-electron chi connectivity index (χ3n) is 2.18. The summed E-state index contributed by atoms with van der Waals surface area (Å²) >= 11 is 7.57. The number of halogens is 1. The second kappa shape index (κ2) is 6.21. The zero-order chi connectivity index (χ0) is 12.1. The molecule has 1 aromatic heterocycles. The SMILES string of the molecule is CC(Cl)=N/C(=C(\C)CC(C)C)c1ccsc1. The van der Waals surface area contributed by atoms with Gasteiger partial charge in [-0.25, -0.2) is 4.99 Å². The summed E-state index contributed by atoms with van der Waals surface area (Å²) in [6, 6.07) is 2.09. The van der Waals surface area contributed by atoms with Crippen LogP contribution in [0.1, 0.15) is 39.7 Å². The highest BCUT2D eigenvalue weighted by atomic mass is 35.5. The molecule has 0 atom stereocenters. The fourth-order valence-electron chi connectivity index (χ4n) is 1.67. The van der Waals surface area contributed by atoms with E-state index >= 15 is 0 Å². The molecule has 0 aliphatic heterocycles. The summed E-state index contributed by atoms with van der Waals surface area (Å²) in [5.74, 6) is 0.638. The predicted octanol–water partition coefficient (Wildman–Crippen LogP) is 5.18. The van der Waals surface area contributed by atoms with Gasteiger partial charge in [-0.3, -0.25) is 0 Å². The molecule has 1 heterocycles. The summed E-state index contributed by atoms with van der Waals surface area (Å²) in [5.41, 5.74) is 3.50. The average Bonchev–Trinajstić information content (AvgIpc) is 2.64. The number of thiophene rings is 1. The maximum absolute atomic E-state index is 5.89. The molecule has 1 nitrogen and oxygen atoms in total. The molecule has 0 unspecified atom stereocenters. The van der Waals surface area contributed by atoms with Gasteiger partial charge < -0.3 is 0 Å². The molecule has 0 fully saturated rings. The predicted molar refractivity (Wildman–Crippen MR) is 75.3 cm³/mol. The molecule has 1 rings (SSSR count). The molecule has 3 heteroatoms. The van der Waals surface area contributed by atoms with Gasteiger partial charge in [-0.2, -0.15) is 11.3 Å². The molecular weight excluding hydrogens is 238 g/mol. The van der Waals surface area contributed by atoms with Crippen molar-refractivity contribution in [2.24, 2.45) is 10.9 Å². The van der Waals surface area contributed by atoms with Crippen molar-refractivity contribution >= 4 is 33.8 Å². The first-order chi connectivity index (χ1) is 7.50. The van der Waals surface area contributed by atoms with Gasteiger partial charge in [0.1, 0.15) is 5.17 Å². The first-order valence-corrected chi connectivity index (χ1v) is 6.76. The van der Waals surface area contributed by atoms with Crippen LogP contribution in [0.15, 0.2) is 27.4 Å². The van der Waals surface area contributed by atoms with E-state index in [0.29, 0.717) is 11.1 Å². The summed E-state index contributed by atoms with van der Waals surface area (Å²) in [5, 5.41) is 4.77. The van der Waals surface area contributed by atoms with E-state index in [-0.39, 0.29) is 0 Å². The minimum atomic E-state index is 0.587. The van der Waals surface area contributed by atoms with Crippen LogP contribution < -0.4 is 0 Å². The Morgan fingerprint density at radius 1 is 1.44 bits per heavy atom. The largest absolute Gasteiger partial charge is 0.241 e. The molecule has 0 spiro atoms. The van der Waals surface area contributed by atoms with E-state index in [0.717, 1.165) is 12.1 Å². The average molecular weight is 256 g/mol. The van der Waals surface area contributed by atoms with E-state index in [1.165, 1.54) is 11.1 Å². The van der Waals surface area contributed by atoms with Crippen molar-refractivity contribution in [3.8, 4) is 0 Å². The lowest BCUT2D eigenvalue weighted by molar-refractivity contribution is 0.643. The van der Waals surface area contributed by atoms with Gasteiger partial charge in [0.25, 0.3) is 0 Å². The fraction of sp³-hybridized carbons (Fsp3) is 0.462. The normalized spacial score (nSPS) is 14.2. The molecule has 0 N–H and O–H groups in total. The van der Waals surface area contributed by atoms with E-state index in [1.54, 1.807) is 11.3 Å². The first-order valence-electron chi connectivity index (χ1n) is 5.43. The molecule has 88 valence electrons. The Morgan fingerprint density at radius 3 is 2.56 bits per heavy atom. The van der Waals surface area contributed by atoms with Crippen LogP contribution in [0.2, 0.25) is 0 Å². The summed E-state index contributed by atoms with van der Waals surface area (Å²) < 4.78 is 0. The quantitative estimate of drug-likeness (QED) is 0.657. The summed E-state index contributed by atoms with van der Waals surface area (Å²) in [7, 11) is 0. The van der Waals surface area contributed by atoms with Crippen molar-refractivity contribution in [3.05, 3.63) is 28.0 Å². The molecule has 0 radical (unpaired) electrons. The molecule has 0 aliphatic rings. The zero-order valence-corrected chi connectivity index (χ0v) is 11.8. The second-order valence-corrected chi connectivity index (χ2v) is 5.67. The van der Waals surface area contributed by atoms with Gasteiger partial charge in [-0.1, -0.05) is 25.4 Å². The Labute approximate surface area is 107 Å². The van der Waals surface area contributed by atoms with Crippen molar-refractivity contribution in [2.75, 3.05) is 0 Å². The van der Waals surface area contributed by atoms with Crippen molar-refractivity contribution in [2.45, 2.75) is 34.1 Å². The molecule has 1 aromatic rings.